The number of rotatable bonds is 9. The fraction of sp³-hybridized carbons (Fsp3) is 0.139. The van der Waals surface area contributed by atoms with Crippen molar-refractivity contribution in [3.05, 3.63) is 151 Å². The summed E-state index contributed by atoms with van der Waals surface area (Å²) in [5, 5.41) is 2.96. The second kappa shape index (κ2) is 13.3. The zero-order valence-corrected chi connectivity index (χ0v) is 26.1. The van der Waals surface area contributed by atoms with Crippen LogP contribution in [0.2, 0.25) is 0 Å². The number of hydrogen-bond acceptors (Lipinski definition) is 7. The normalized spacial score (nSPS) is 14.3. The summed E-state index contributed by atoms with van der Waals surface area (Å²) >= 11 is 1.24. The monoisotopic (exact) mass is 635 g/mol. The van der Waals surface area contributed by atoms with Gasteiger partial charge in [0.05, 0.1) is 36.1 Å². The highest BCUT2D eigenvalue weighted by Crippen LogP contribution is 2.33. The van der Waals surface area contributed by atoms with Crippen LogP contribution in [0.1, 0.15) is 29.7 Å². The minimum absolute atomic E-state index is 0.235. The van der Waals surface area contributed by atoms with Crippen LogP contribution in [0.5, 0.6) is 17.2 Å². The van der Waals surface area contributed by atoms with Gasteiger partial charge in [0.15, 0.2) is 16.3 Å². The zero-order valence-electron chi connectivity index (χ0n) is 25.3. The second-order valence-electron chi connectivity index (χ2n) is 10.5. The molecular weight excluding hydrogens is 605 g/mol. The van der Waals surface area contributed by atoms with Crippen molar-refractivity contribution in [2.24, 2.45) is 4.99 Å². The Morgan fingerprint density at radius 1 is 0.957 bits per heavy atom. The van der Waals surface area contributed by atoms with Crippen LogP contribution < -0.4 is 34.4 Å². The highest BCUT2D eigenvalue weighted by Gasteiger charge is 2.32. The van der Waals surface area contributed by atoms with Gasteiger partial charge in [-0.15, -0.1) is 0 Å². The van der Waals surface area contributed by atoms with E-state index in [0.717, 1.165) is 5.56 Å². The summed E-state index contributed by atoms with van der Waals surface area (Å²) in [4.78, 5) is 33.1. The van der Waals surface area contributed by atoms with E-state index in [2.05, 4.69) is 5.32 Å². The van der Waals surface area contributed by atoms with Gasteiger partial charge < -0.3 is 19.5 Å². The number of fused-ring (bicyclic) bond motifs is 1. The number of amides is 1. The molecule has 4 aromatic carbocycles. The van der Waals surface area contributed by atoms with E-state index in [1.165, 1.54) is 30.6 Å². The van der Waals surface area contributed by atoms with Crippen LogP contribution in [0.15, 0.2) is 118 Å². The van der Waals surface area contributed by atoms with Gasteiger partial charge in [-0.2, -0.15) is 0 Å². The number of hydrogen-bond donors (Lipinski definition) is 1. The number of nitrogens with zero attached hydrogens (tertiary/aromatic N) is 2. The molecule has 1 N–H and O–H groups in total. The van der Waals surface area contributed by atoms with Gasteiger partial charge in [0.2, 0.25) is 0 Å². The quantitative estimate of drug-likeness (QED) is 0.228. The molecule has 0 fully saturated rings. The van der Waals surface area contributed by atoms with Crippen molar-refractivity contribution in [2.75, 3.05) is 19.5 Å². The van der Waals surface area contributed by atoms with Gasteiger partial charge in [-0.05, 0) is 78.2 Å². The first-order chi connectivity index (χ1) is 22.3. The average molecular weight is 636 g/mol. The van der Waals surface area contributed by atoms with Crippen molar-refractivity contribution in [2.45, 2.75) is 19.6 Å². The lowest BCUT2D eigenvalue weighted by Crippen LogP contribution is -2.40. The average Bonchev–Trinajstić information content (AvgIpc) is 3.38. The van der Waals surface area contributed by atoms with Gasteiger partial charge in [0.1, 0.15) is 18.2 Å². The number of carbonyl (C=O) groups is 1. The first kappa shape index (κ1) is 30.5. The molecular formula is C36H30FN3O5S. The maximum Gasteiger partial charge on any atom is 0.271 e. The van der Waals surface area contributed by atoms with Crippen LogP contribution in [0.4, 0.5) is 10.1 Å². The van der Waals surface area contributed by atoms with Gasteiger partial charge in [-0.25, -0.2) is 9.38 Å². The maximum absolute atomic E-state index is 14.1. The van der Waals surface area contributed by atoms with Crippen molar-refractivity contribution in [3.8, 4) is 17.2 Å². The molecule has 0 saturated carbocycles. The molecule has 232 valence electrons. The lowest BCUT2D eigenvalue weighted by molar-refractivity contribution is -0.113. The molecule has 1 aliphatic rings. The predicted octanol–water partition coefficient (Wildman–Crippen LogP) is 5.61. The molecule has 0 spiro atoms. The van der Waals surface area contributed by atoms with Gasteiger partial charge in [0, 0.05) is 5.69 Å². The van der Waals surface area contributed by atoms with Crippen LogP contribution in [-0.4, -0.2) is 24.7 Å². The van der Waals surface area contributed by atoms with Gasteiger partial charge >= 0.3 is 0 Å². The molecule has 0 unspecified atom stereocenters. The number of carbonyl (C=O) groups excluding carboxylic acids is 1. The molecule has 0 bridgehead atoms. The molecule has 5 aromatic rings. The highest BCUT2D eigenvalue weighted by atomic mass is 32.1. The van der Waals surface area contributed by atoms with Crippen molar-refractivity contribution in [3.63, 3.8) is 0 Å². The summed E-state index contributed by atoms with van der Waals surface area (Å²) in [5.41, 5.74) is 3.46. The topological polar surface area (TPSA) is 91.2 Å². The first-order valence-electron chi connectivity index (χ1n) is 14.4. The second-order valence-corrected chi connectivity index (χ2v) is 11.5. The molecule has 0 aliphatic carbocycles. The lowest BCUT2D eigenvalue weighted by atomic mass is 9.95. The molecule has 0 radical (unpaired) electrons. The number of anilines is 1. The molecule has 2 heterocycles. The third kappa shape index (κ3) is 6.33. The third-order valence-electron chi connectivity index (χ3n) is 7.50. The maximum atomic E-state index is 14.1. The van der Waals surface area contributed by atoms with Crippen LogP contribution in [0, 0.1) is 5.82 Å². The molecule has 1 aromatic heterocycles. The summed E-state index contributed by atoms with van der Waals surface area (Å²) in [6.45, 7) is 2.01. The van der Waals surface area contributed by atoms with Gasteiger partial charge in [-0.3, -0.25) is 14.2 Å². The summed E-state index contributed by atoms with van der Waals surface area (Å²) < 4.78 is 32.3. The Bertz CT molecular complexity index is 2120. The number of nitrogens with one attached hydrogen (secondary N) is 1. The van der Waals surface area contributed by atoms with Crippen LogP contribution in [-0.2, 0) is 11.4 Å². The Morgan fingerprint density at radius 2 is 1.74 bits per heavy atom. The Balaban J connectivity index is 1.38. The fourth-order valence-electron chi connectivity index (χ4n) is 5.25. The molecule has 10 heteroatoms. The summed E-state index contributed by atoms with van der Waals surface area (Å²) in [6, 6.07) is 27.2. The minimum Gasteiger partial charge on any atom is -0.497 e. The Morgan fingerprint density at radius 3 is 2.48 bits per heavy atom. The van der Waals surface area contributed by atoms with E-state index in [1.807, 2.05) is 48.5 Å². The fourth-order valence-corrected chi connectivity index (χ4v) is 6.29. The SMILES string of the molecule is COc1cccc([C@@H]2C(C(=O)Nc3ccccc3)=C(C)N=c3s/c(=C\c4ccc(OCc5ccc(F)cc5)c(OC)c4)c(=O)n32)c1. The van der Waals surface area contributed by atoms with Gasteiger partial charge in [0.25, 0.3) is 11.5 Å². The number of thiazole rings is 1. The Kier molecular flexibility index (Phi) is 8.80. The number of halogens is 1. The van der Waals surface area contributed by atoms with Crippen LogP contribution >= 0.6 is 11.3 Å². The Labute approximate surface area is 268 Å². The van der Waals surface area contributed by atoms with Crippen LogP contribution in [0.25, 0.3) is 6.08 Å². The molecule has 1 atom stereocenters. The lowest BCUT2D eigenvalue weighted by Gasteiger charge is -2.25. The van der Waals surface area contributed by atoms with E-state index in [9.17, 15) is 14.0 Å². The van der Waals surface area contributed by atoms with Crippen molar-refractivity contribution in [1.29, 1.82) is 0 Å². The van der Waals surface area contributed by atoms with E-state index < -0.39 is 6.04 Å². The number of ether oxygens (including phenoxy) is 3. The number of methoxy groups -OCH3 is 2. The zero-order chi connectivity index (χ0) is 32.2. The summed E-state index contributed by atoms with van der Waals surface area (Å²) in [5.74, 6) is 0.927. The molecule has 46 heavy (non-hydrogen) atoms. The summed E-state index contributed by atoms with van der Waals surface area (Å²) in [6.07, 6.45) is 1.77. The summed E-state index contributed by atoms with van der Waals surface area (Å²) in [7, 11) is 3.11. The van der Waals surface area contributed by atoms with Crippen molar-refractivity contribution >= 4 is 29.0 Å². The van der Waals surface area contributed by atoms with E-state index >= 15 is 0 Å². The first-order valence-corrected chi connectivity index (χ1v) is 15.2. The predicted molar refractivity (Wildman–Crippen MR) is 176 cm³/mol. The van der Waals surface area contributed by atoms with Crippen LogP contribution in [0.3, 0.4) is 0 Å². The number of allylic oxidation sites excluding steroid dienone is 1. The largest absolute Gasteiger partial charge is 0.497 e. The molecule has 1 amide bonds. The standard InChI is InChI=1S/C36H30FN3O5S/c1-22-32(34(41)39-27-9-5-4-6-10-27)33(25-8-7-11-28(20-25)43-2)40-35(42)31(46-36(40)38-22)19-24-14-17-29(30(18-24)44-3)45-21-23-12-15-26(37)16-13-23/h4-20,33H,21H2,1-3H3,(H,39,41)/b31-19-/t33-/m1/s1. The molecule has 0 saturated heterocycles. The van der Waals surface area contributed by atoms with Crippen molar-refractivity contribution < 1.29 is 23.4 Å². The van der Waals surface area contributed by atoms with Gasteiger partial charge in [-0.1, -0.05) is 59.9 Å². The number of aromatic nitrogens is 1. The van der Waals surface area contributed by atoms with E-state index in [-0.39, 0.29) is 23.9 Å². The smallest absolute Gasteiger partial charge is 0.271 e. The Hall–Kier alpha value is -5.48. The van der Waals surface area contributed by atoms with E-state index in [0.29, 0.717) is 54.7 Å². The molecule has 8 nitrogen and oxygen atoms in total. The number of para-hydroxylation sites is 1. The highest BCUT2D eigenvalue weighted by molar-refractivity contribution is 7.07. The van der Waals surface area contributed by atoms with E-state index in [4.69, 9.17) is 19.2 Å². The molecule has 1 aliphatic heterocycles. The number of benzene rings is 4. The third-order valence-corrected chi connectivity index (χ3v) is 8.48. The molecule has 6 rings (SSSR count). The van der Waals surface area contributed by atoms with Crippen molar-refractivity contribution in [1.82, 2.24) is 4.57 Å². The minimum atomic E-state index is -0.742. The van der Waals surface area contributed by atoms with E-state index in [1.54, 1.807) is 61.1 Å².